The van der Waals surface area contributed by atoms with E-state index in [1.54, 1.807) is 0 Å². The molecule has 3 rings (SSSR count). The van der Waals surface area contributed by atoms with Crippen molar-refractivity contribution in [3.05, 3.63) is 0 Å². The molecule has 2 aliphatic heterocycles. The molecule has 0 aromatic rings. The molecule has 1 nitrogen and oxygen atoms in total. The first-order valence-corrected chi connectivity index (χ1v) is 4.62. The number of rotatable bonds is 2. The quantitative estimate of drug-likeness (QED) is 0.613. The Kier molecular flexibility index (Phi) is 1.69. The van der Waals surface area contributed by atoms with E-state index in [4.69, 9.17) is 0 Å². The molecule has 2 atom stereocenters. The van der Waals surface area contributed by atoms with E-state index in [1.807, 2.05) is 0 Å². The van der Waals surface area contributed by atoms with Crippen LogP contribution in [0.25, 0.3) is 0 Å². The van der Waals surface area contributed by atoms with E-state index in [1.165, 1.54) is 32.4 Å². The van der Waals surface area contributed by atoms with Gasteiger partial charge in [0.1, 0.15) is 0 Å². The van der Waals surface area contributed by atoms with Crippen LogP contribution < -0.4 is 5.32 Å². The smallest absolute Gasteiger partial charge is 0.00175 e. The fourth-order valence-electron chi connectivity index (χ4n) is 2.66. The molecule has 3 aliphatic rings. The number of hydrogen-bond acceptors (Lipinski definition) is 1. The predicted octanol–water partition coefficient (Wildman–Crippen LogP) is 1.64. The predicted molar refractivity (Wildman–Crippen MR) is 42.9 cm³/mol. The van der Waals surface area contributed by atoms with Gasteiger partial charge < -0.3 is 5.32 Å². The average Bonchev–Trinajstić information content (AvgIpc) is 2.01. The van der Waals surface area contributed by atoms with Crippen molar-refractivity contribution in [2.24, 2.45) is 17.8 Å². The maximum atomic E-state index is 3.47. The first-order valence-electron chi connectivity index (χ1n) is 4.62. The van der Waals surface area contributed by atoms with Gasteiger partial charge in [0.2, 0.25) is 0 Å². The summed E-state index contributed by atoms with van der Waals surface area (Å²) < 4.78 is 0. The third-order valence-electron chi connectivity index (χ3n) is 3.25. The highest BCUT2D eigenvalue weighted by Gasteiger charge is 2.42. The van der Waals surface area contributed by atoms with Crippen LogP contribution in [0.5, 0.6) is 0 Å². The third-order valence-corrected chi connectivity index (χ3v) is 3.25. The van der Waals surface area contributed by atoms with Crippen molar-refractivity contribution < 1.29 is 0 Å². The summed E-state index contributed by atoms with van der Waals surface area (Å²) in [4.78, 5) is 0. The summed E-state index contributed by atoms with van der Waals surface area (Å²) in [6.45, 7) is 4.92. The molecule has 10 heavy (non-hydrogen) atoms. The molecule has 1 saturated carbocycles. The number of hydrogen-bond donors (Lipinski definition) is 1. The van der Waals surface area contributed by atoms with Crippen molar-refractivity contribution in [2.45, 2.75) is 26.2 Å². The van der Waals surface area contributed by atoms with Crippen LogP contribution in [0, 0.1) is 17.8 Å². The van der Waals surface area contributed by atoms with Gasteiger partial charge in [-0.25, -0.2) is 0 Å². The van der Waals surface area contributed by atoms with Gasteiger partial charge in [-0.1, -0.05) is 19.8 Å². The summed E-state index contributed by atoms with van der Waals surface area (Å²) in [5.74, 6) is 3.21. The molecule has 0 amide bonds. The summed E-state index contributed by atoms with van der Waals surface area (Å²) in [7, 11) is 0. The second-order valence-corrected chi connectivity index (χ2v) is 3.87. The lowest BCUT2D eigenvalue weighted by molar-refractivity contribution is 0.0247. The van der Waals surface area contributed by atoms with Gasteiger partial charge in [0.15, 0.2) is 0 Å². The Balaban J connectivity index is 1.87. The molecule has 1 heteroatoms. The zero-order valence-corrected chi connectivity index (χ0v) is 6.77. The lowest BCUT2D eigenvalue weighted by Gasteiger charge is -2.50. The van der Waals surface area contributed by atoms with Gasteiger partial charge in [0.25, 0.3) is 0 Å². The van der Waals surface area contributed by atoms with Gasteiger partial charge >= 0.3 is 0 Å². The number of fused-ring (bicyclic) bond motifs is 2. The molecule has 2 bridgehead atoms. The lowest BCUT2D eigenvalue weighted by Crippen LogP contribution is -2.53. The molecule has 0 radical (unpaired) electrons. The first kappa shape index (κ1) is 6.66. The van der Waals surface area contributed by atoms with Crippen LogP contribution in [0.4, 0.5) is 0 Å². The molecule has 0 spiro atoms. The van der Waals surface area contributed by atoms with E-state index < -0.39 is 0 Å². The van der Waals surface area contributed by atoms with Crippen LogP contribution >= 0.6 is 0 Å². The Hall–Kier alpha value is -0.0400. The first-order chi connectivity index (χ1) is 4.92. The van der Waals surface area contributed by atoms with E-state index in [0.717, 1.165) is 17.8 Å². The molecule has 2 unspecified atom stereocenters. The van der Waals surface area contributed by atoms with Crippen molar-refractivity contribution in [1.29, 1.82) is 0 Å². The van der Waals surface area contributed by atoms with Crippen LogP contribution in [0.2, 0.25) is 0 Å². The zero-order valence-electron chi connectivity index (χ0n) is 6.77. The molecule has 58 valence electrons. The summed E-state index contributed by atoms with van der Waals surface area (Å²) >= 11 is 0. The maximum Gasteiger partial charge on any atom is -0.00175 e. The molecule has 0 aromatic heterocycles. The average molecular weight is 139 g/mol. The molecular formula is C9H17N. The van der Waals surface area contributed by atoms with Crippen LogP contribution in [0.1, 0.15) is 26.2 Å². The summed E-state index contributed by atoms with van der Waals surface area (Å²) in [5.41, 5.74) is 0. The number of nitrogens with one attached hydrogen (secondary N) is 1. The molecule has 2 heterocycles. The van der Waals surface area contributed by atoms with Gasteiger partial charge in [-0.05, 0) is 37.3 Å². The number of piperidine rings is 2. The van der Waals surface area contributed by atoms with Gasteiger partial charge in [0, 0.05) is 0 Å². The second kappa shape index (κ2) is 2.54. The molecule has 2 saturated heterocycles. The molecular weight excluding hydrogens is 122 g/mol. The minimum absolute atomic E-state index is 1.05. The van der Waals surface area contributed by atoms with Crippen molar-refractivity contribution >= 4 is 0 Å². The van der Waals surface area contributed by atoms with Crippen molar-refractivity contribution in [2.75, 3.05) is 13.1 Å². The van der Waals surface area contributed by atoms with Crippen molar-refractivity contribution in [3.63, 3.8) is 0 Å². The summed E-state index contributed by atoms with van der Waals surface area (Å²) in [6.07, 6.45) is 4.40. The Morgan fingerprint density at radius 2 is 2.00 bits per heavy atom. The Labute approximate surface area is 63.2 Å². The Morgan fingerprint density at radius 3 is 2.50 bits per heavy atom. The highest BCUT2D eigenvalue weighted by atomic mass is 14.9. The van der Waals surface area contributed by atoms with Crippen molar-refractivity contribution in [1.82, 2.24) is 5.32 Å². The highest BCUT2D eigenvalue weighted by Crippen LogP contribution is 2.44. The van der Waals surface area contributed by atoms with Gasteiger partial charge in [-0.15, -0.1) is 0 Å². The standard InChI is InChI=1S/C9H17N/c1-2-3-9-7-4-8(9)6-10-5-7/h7-10H,2-6H2,1H3. The zero-order chi connectivity index (χ0) is 6.97. The summed E-state index contributed by atoms with van der Waals surface area (Å²) in [5, 5.41) is 3.47. The van der Waals surface area contributed by atoms with Crippen LogP contribution in [-0.2, 0) is 0 Å². The van der Waals surface area contributed by atoms with E-state index in [-0.39, 0.29) is 0 Å². The normalized spacial score (nSPS) is 44.7. The molecule has 3 fully saturated rings. The minimum atomic E-state index is 1.05. The fourth-order valence-corrected chi connectivity index (χ4v) is 2.66. The van der Waals surface area contributed by atoms with Crippen LogP contribution in [0.15, 0.2) is 0 Å². The van der Waals surface area contributed by atoms with E-state index in [9.17, 15) is 0 Å². The van der Waals surface area contributed by atoms with Gasteiger partial charge in [-0.2, -0.15) is 0 Å². The maximum absolute atomic E-state index is 3.47. The fraction of sp³-hybridized carbons (Fsp3) is 1.00. The monoisotopic (exact) mass is 139 g/mol. The van der Waals surface area contributed by atoms with E-state index >= 15 is 0 Å². The Bertz CT molecular complexity index is 108. The van der Waals surface area contributed by atoms with E-state index in [0.29, 0.717) is 0 Å². The van der Waals surface area contributed by atoms with E-state index in [2.05, 4.69) is 12.2 Å². The van der Waals surface area contributed by atoms with Gasteiger partial charge in [0.05, 0.1) is 0 Å². The lowest BCUT2D eigenvalue weighted by atomic mass is 9.61. The molecule has 1 N–H and O–H groups in total. The van der Waals surface area contributed by atoms with Crippen LogP contribution in [0.3, 0.4) is 0 Å². The molecule has 1 aliphatic carbocycles. The van der Waals surface area contributed by atoms with Crippen LogP contribution in [-0.4, -0.2) is 13.1 Å². The SMILES string of the molecule is CCCC1C2CNCC1C2. The van der Waals surface area contributed by atoms with Crippen molar-refractivity contribution in [3.8, 4) is 0 Å². The van der Waals surface area contributed by atoms with Gasteiger partial charge in [-0.3, -0.25) is 0 Å². The largest absolute Gasteiger partial charge is 0.316 e. The highest BCUT2D eigenvalue weighted by molar-refractivity contribution is 4.95. The topological polar surface area (TPSA) is 12.0 Å². The minimum Gasteiger partial charge on any atom is -0.316 e. The molecule has 0 aromatic carbocycles. The second-order valence-electron chi connectivity index (χ2n) is 3.87. The third kappa shape index (κ3) is 0.878. The Morgan fingerprint density at radius 1 is 1.30 bits per heavy atom. The summed E-state index contributed by atoms with van der Waals surface area (Å²) in [6, 6.07) is 0.